The standard InChI is InChI=1S/C20H32N4O2.HI/c1-4-22-19(24-15-20(9-6-10-20)11-12-26-3)23-14-16-7-5-8-17(13-16)18(25)21-2;/h5,7-8,13H,4,6,9-12,14-15H2,1-3H3,(H,21,25)(H2,22,23,24);1H. The highest BCUT2D eigenvalue weighted by Gasteiger charge is 2.36. The van der Waals surface area contributed by atoms with Gasteiger partial charge in [0.15, 0.2) is 5.96 Å². The SMILES string of the molecule is CCNC(=NCc1cccc(C(=O)NC)c1)NCC1(CCOC)CCC1.I. The number of carbonyl (C=O) groups excluding carboxylic acids is 1. The summed E-state index contributed by atoms with van der Waals surface area (Å²) in [7, 11) is 3.40. The van der Waals surface area contributed by atoms with E-state index in [1.54, 1.807) is 14.2 Å². The lowest BCUT2D eigenvalue weighted by Crippen LogP contribution is -2.46. The lowest BCUT2D eigenvalue weighted by atomic mass is 9.67. The first-order chi connectivity index (χ1) is 12.6. The molecule has 0 aliphatic heterocycles. The van der Waals surface area contributed by atoms with Crippen molar-refractivity contribution >= 4 is 35.8 Å². The normalized spacial score (nSPS) is 15.3. The van der Waals surface area contributed by atoms with Gasteiger partial charge < -0.3 is 20.7 Å². The molecular weight excluding hydrogens is 455 g/mol. The predicted octanol–water partition coefficient (Wildman–Crippen LogP) is 2.93. The zero-order chi connectivity index (χ0) is 18.8. The topological polar surface area (TPSA) is 74.8 Å². The number of ether oxygens (including phenoxy) is 1. The third-order valence-electron chi connectivity index (χ3n) is 5.06. The second-order valence-electron chi connectivity index (χ2n) is 6.92. The summed E-state index contributed by atoms with van der Waals surface area (Å²) < 4.78 is 5.27. The molecule has 0 aromatic heterocycles. The minimum absolute atomic E-state index is 0. The molecule has 1 aliphatic carbocycles. The number of methoxy groups -OCH3 is 1. The van der Waals surface area contributed by atoms with Crippen LogP contribution in [0.1, 0.15) is 48.5 Å². The zero-order valence-electron chi connectivity index (χ0n) is 16.6. The highest BCUT2D eigenvalue weighted by atomic mass is 127. The Kier molecular flexibility index (Phi) is 10.7. The van der Waals surface area contributed by atoms with E-state index in [2.05, 4.69) is 27.9 Å². The highest BCUT2D eigenvalue weighted by Crippen LogP contribution is 2.43. The van der Waals surface area contributed by atoms with Crippen LogP contribution in [0.3, 0.4) is 0 Å². The van der Waals surface area contributed by atoms with E-state index >= 15 is 0 Å². The number of amides is 1. The molecule has 0 unspecified atom stereocenters. The molecule has 1 fully saturated rings. The second kappa shape index (κ2) is 12.2. The lowest BCUT2D eigenvalue weighted by molar-refractivity contribution is 0.0732. The first-order valence-electron chi connectivity index (χ1n) is 9.44. The lowest BCUT2D eigenvalue weighted by Gasteiger charge is -2.42. The number of guanidine groups is 1. The molecule has 6 nitrogen and oxygen atoms in total. The Morgan fingerprint density at radius 1 is 1.30 bits per heavy atom. The number of carbonyl (C=O) groups is 1. The Hall–Kier alpha value is -1.35. The van der Waals surface area contributed by atoms with Gasteiger partial charge in [0.1, 0.15) is 0 Å². The summed E-state index contributed by atoms with van der Waals surface area (Å²) in [5.41, 5.74) is 2.01. The molecule has 0 radical (unpaired) electrons. The van der Waals surface area contributed by atoms with Crippen molar-refractivity contribution in [1.82, 2.24) is 16.0 Å². The molecular formula is C20H33IN4O2. The number of hydrogen-bond acceptors (Lipinski definition) is 3. The summed E-state index contributed by atoms with van der Waals surface area (Å²) in [6.07, 6.45) is 4.88. The number of rotatable bonds is 9. The molecule has 0 saturated heterocycles. The van der Waals surface area contributed by atoms with Gasteiger partial charge in [-0.3, -0.25) is 4.79 Å². The van der Waals surface area contributed by atoms with Crippen LogP contribution < -0.4 is 16.0 Å². The van der Waals surface area contributed by atoms with Crippen molar-refractivity contribution in [3.63, 3.8) is 0 Å². The molecule has 152 valence electrons. The maximum atomic E-state index is 11.8. The largest absolute Gasteiger partial charge is 0.385 e. The maximum absolute atomic E-state index is 11.8. The smallest absolute Gasteiger partial charge is 0.251 e. The number of nitrogens with zero attached hydrogens (tertiary/aromatic N) is 1. The molecule has 27 heavy (non-hydrogen) atoms. The minimum Gasteiger partial charge on any atom is -0.385 e. The van der Waals surface area contributed by atoms with Crippen molar-refractivity contribution in [2.75, 3.05) is 33.9 Å². The molecule has 0 spiro atoms. The number of halogens is 1. The van der Waals surface area contributed by atoms with Crippen LogP contribution in [0, 0.1) is 5.41 Å². The van der Waals surface area contributed by atoms with E-state index in [9.17, 15) is 4.79 Å². The van der Waals surface area contributed by atoms with Crippen molar-refractivity contribution in [1.29, 1.82) is 0 Å². The van der Waals surface area contributed by atoms with E-state index in [0.717, 1.165) is 37.6 Å². The van der Waals surface area contributed by atoms with Crippen molar-refractivity contribution in [3.8, 4) is 0 Å². The Balaban J connectivity index is 0.00000364. The van der Waals surface area contributed by atoms with Crippen LogP contribution in [-0.4, -0.2) is 45.7 Å². The van der Waals surface area contributed by atoms with Gasteiger partial charge in [0.25, 0.3) is 5.91 Å². The van der Waals surface area contributed by atoms with E-state index in [-0.39, 0.29) is 29.9 Å². The third-order valence-corrected chi connectivity index (χ3v) is 5.06. The van der Waals surface area contributed by atoms with E-state index in [1.807, 2.05) is 24.3 Å². The van der Waals surface area contributed by atoms with E-state index in [1.165, 1.54) is 19.3 Å². The van der Waals surface area contributed by atoms with Crippen molar-refractivity contribution in [2.24, 2.45) is 10.4 Å². The van der Waals surface area contributed by atoms with Crippen LogP contribution >= 0.6 is 24.0 Å². The van der Waals surface area contributed by atoms with Gasteiger partial charge >= 0.3 is 0 Å². The highest BCUT2D eigenvalue weighted by molar-refractivity contribution is 14.0. The number of hydrogen-bond donors (Lipinski definition) is 3. The summed E-state index contributed by atoms with van der Waals surface area (Å²) >= 11 is 0. The summed E-state index contributed by atoms with van der Waals surface area (Å²) in [5.74, 6) is 0.743. The number of aliphatic imine (C=N–C) groups is 1. The Bertz CT molecular complexity index is 618. The molecule has 1 aromatic carbocycles. The zero-order valence-corrected chi connectivity index (χ0v) is 19.0. The second-order valence-corrected chi connectivity index (χ2v) is 6.92. The fraction of sp³-hybridized carbons (Fsp3) is 0.600. The average molecular weight is 488 g/mol. The first-order valence-corrected chi connectivity index (χ1v) is 9.44. The first kappa shape index (κ1) is 23.7. The molecule has 7 heteroatoms. The molecule has 0 bridgehead atoms. The van der Waals surface area contributed by atoms with Crippen molar-refractivity contribution in [2.45, 2.75) is 39.2 Å². The van der Waals surface area contributed by atoms with Gasteiger partial charge in [-0.1, -0.05) is 18.6 Å². The van der Waals surface area contributed by atoms with Crippen LogP contribution in [0.15, 0.2) is 29.3 Å². The van der Waals surface area contributed by atoms with Crippen LogP contribution in [0.25, 0.3) is 0 Å². The molecule has 0 heterocycles. The summed E-state index contributed by atoms with van der Waals surface area (Å²) in [6, 6.07) is 7.58. The Labute approximate surface area is 179 Å². The van der Waals surface area contributed by atoms with Crippen molar-refractivity contribution < 1.29 is 9.53 Å². The molecule has 1 aromatic rings. The quantitative estimate of drug-likeness (QED) is 0.284. The van der Waals surface area contributed by atoms with E-state index in [0.29, 0.717) is 17.5 Å². The molecule has 2 rings (SSSR count). The predicted molar refractivity (Wildman–Crippen MR) is 121 cm³/mol. The van der Waals surface area contributed by atoms with Gasteiger partial charge in [-0.15, -0.1) is 24.0 Å². The summed E-state index contributed by atoms with van der Waals surface area (Å²) in [4.78, 5) is 16.4. The molecule has 1 aliphatic rings. The van der Waals surface area contributed by atoms with E-state index < -0.39 is 0 Å². The molecule has 1 amide bonds. The van der Waals surface area contributed by atoms with Gasteiger partial charge in [0.2, 0.25) is 0 Å². The van der Waals surface area contributed by atoms with Crippen LogP contribution in [-0.2, 0) is 11.3 Å². The summed E-state index contributed by atoms with van der Waals surface area (Å²) in [6.45, 7) is 5.13. The Morgan fingerprint density at radius 3 is 2.67 bits per heavy atom. The summed E-state index contributed by atoms with van der Waals surface area (Å²) in [5, 5.41) is 9.45. The minimum atomic E-state index is -0.0778. The fourth-order valence-electron chi connectivity index (χ4n) is 3.25. The number of nitrogens with one attached hydrogen (secondary N) is 3. The van der Waals surface area contributed by atoms with Crippen LogP contribution in [0.2, 0.25) is 0 Å². The van der Waals surface area contributed by atoms with Crippen LogP contribution in [0.5, 0.6) is 0 Å². The fourth-order valence-corrected chi connectivity index (χ4v) is 3.25. The molecule has 3 N–H and O–H groups in total. The average Bonchev–Trinajstić information content (AvgIpc) is 2.64. The van der Waals surface area contributed by atoms with Gasteiger partial charge in [-0.2, -0.15) is 0 Å². The van der Waals surface area contributed by atoms with E-state index in [4.69, 9.17) is 4.74 Å². The van der Waals surface area contributed by atoms with Crippen LogP contribution in [0.4, 0.5) is 0 Å². The Morgan fingerprint density at radius 2 is 2.07 bits per heavy atom. The van der Waals surface area contributed by atoms with Gasteiger partial charge in [-0.05, 0) is 49.3 Å². The molecule has 1 saturated carbocycles. The third kappa shape index (κ3) is 7.29. The number of benzene rings is 1. The van der Waals surface area contributed by atoms with Crippen molar-refractivity contribution in [3.05, 3.63) is 35.4 Å². The van der Waals surface area contributed by atoms with Gasteiger partial charge in [0, 0.05) is 39.4 Å². The molecule has 0 atom stereocenters. The van der Waals surface area contributed by atoms with Gasteiger partial charge in [-0.25, -0.2) is 4.99 Å². The monoisotopic (exact) mass is 488 g/mol. The maximum Gasteiger partial charge on any atom is 0.251 e. The van der Waals surface area contributed by atoms with Gasteiger partial charge in [0.05, 0.1) is 6.54 Å².